The lowest BCUT2D eigenvalue weighted by Crippen LogP contribution is -2.24. The van der Waals surface area contributed by atoms with Crippen LogP contribution in [0.1, 0.15) is 29.7 Å². The van der Waals surface area contributed by atoms with Gasteiger partial charge in [0.2, 0.25) is 5.88 Å². The predicted molar refractivity (Wildman–Crippen MR) is 104 cm³/mol. The summed E-state index contributed by atoms with van der Waals surface area (Å²) in [7, 11) is 0. The van der Waals surface area contributed by atoms with Gasteiger partial charge in [0, 0.05) is 24.8 Å². The molecule has 7 heteroatoms. The Morgan fingerprint density at radius 1 is 1.32 bits per heavy atom. The molecular weight excluding hydrogens is 384 g/mol. The van der Waals surface area contributed by atoms with Crippen LogP contribution in [-0.2, 0) is 0 Å². The van der Waals surface area contributed by atoms with Crippen molar-refractivity contribution >= 4 is 39.7 Å². The Labute approximate surface area is 155 Å². The fraction of sp³-hybridized carbons (Fsp3) is 0.333. The predicted octanol–water partition coefficient (Wildman–Crippen LogP) is 4.41. The molecule has 2 aromatic rings. The molecule has 1 aliphatic heterocycles. The molecule has 2 heterocycles. The van der Waals surface area contributed by atoms with Crippen molar-refractivity contribution in [2.24, 2.45) is 5.10 Å². The van der Waals surface area contributed by atoms with Crippen LogP contribution in [0.25, 0.3) is 0 Å². The minimum absolute atomic E-state index is 0.393. The van der Waals surface area contributed by atoms with Gasteiger partial charge >= 0.3 is 6.03 Å². The standard InChI is InChI=1S/C18H21BrN4O2/c1-12-6-5-7-16(13(12)2)21-18(24)22-20-11-14-10-15(19)17(25-14)23-8-3-4-9-23/h5-7,10-11H,3-4,8-9H2,1-2H3,(H2,21,22,24)/b20-11+. The number of hydrogen-bond donors (Lipinski definition) is 2. The Morgan fingerprint density at radius 3 is 2.84 bits per heavy atom. The first-order chi connectivity index (χ1) is 12.0. The summed E-state index contributed by atoms with van der Waals surface area (Å²) in [6, 6.07) is 7.22. The number of hydrazone groups is 1. The zero-order valence-electron chi connectivity index (χ0n) is 14.3. The monoisotopic (exact) mass is 404 g/mol. The molecule has 0 saturated carbocycles. The molecule has 0 atom stereocenters. The van der Waals surface area contributed by atoms with Gasteiger partial charge in [0.05, 0.1) is 10.7 Å². The quantitative estimate of drug-likeness (QED) is 0.585. The van der Waals surface area contributed by atoms with Gasteiger partial charge < -0.3 is 14.6 Å². The van der Waals surface area contributed by atoms with E-state index in [1.165, 1.54) is 19.1 Å². The van der Waals surface area contributed by atoms with E-state index < -0.39 is 6.03 Å². The number of carbonyl (C=O) groups excluding carboxylic acids is 1. The maximum atomic E-state index is 12.0. The Hall–Kier alpha value is -2.28. The topological polar surface area (TPSA) is 69.9 Å². The van der Waals surface area contributed by atoms with Crippen LogP contribution in [0.2, 0.25) is 0 Å². The molecule has 1 aliphatic rings. The summed E-state index contributed by atoms with van der Waals surface area (Å²) in [5, 5.41) is 6.74. The minimum Gasteiger partial charge on any atom is -0.438 e. The maximum Gasteiger partial charge on any atom is 0.339 e. The highest BCUT2D eigenvalue weighted by atomic mass is 79.9. The molecule has 1 aromatic carbocycles. The Balaban J connectivity index is 1.58. The van der Waals surface area contributed by atoms with Crippen LogP contribution < -0.4 is 15.6 Å². The van der Waals surface area contributed by atoms with Crippen molar-refractivity contribution in [3.63, 3.8) is 0 Å². The van der Waals surface area contributed by atoms with E-state index in [1.54, 1.807) is 0 Å². The van der Waals surface area contributed by atoms with Gasteiger partial charge in [-0.25, -0.2) is 10.2 Å². The summed E-state index contributed by atoms with van der Waals surface area (Å²) in [6.07, 6.45) is 3.85. The molecule has 25 heavy (non-hydrogen) atoms. The van der Waals surface area contributed by atoms with Gasteiger partial charge in [0.1, 0.15) is 0 Å². The molecule has 132 valence electrons. The normalized spacial score (nSPS) is 14.3. The average Bonchev–Trinajstić information content (AvgIpc) is 3.21. The van der Waals surface area contributed by atoms with E-state index in [-0.39, 0.29) is 0 Å². The highest BCUT2D eigenvalue weighted by molar-refractivity contribution is 9.10. The van der Waals surface area contributed by atoms with Crippen molar-refractivity contribution in [2.75, 3.05) is 23.3 Å². The summed E-state index contributed by atoms with van der Waals surface area (Å²) < 4.78 is 6.69. The minimum atomic E-state index is -0.393. The van der Waals surface area contributed by atoms with Crippen LogP contribution in [0.3, 0.4) is 0 Å². The molecular formula is C18H21BrN4O2. The maximum absolute atomic E-state index is 12.0. The molecule has 1 fully saturated rings. The first-order valence-electron chi connectivity index (χ1n) is 8.25. The fourth-order valence-electron chi connectivity index (χ4n) is 2.77. The lowest BCUT2D eigenvalue weighted by Gasteiger charge is -2.13. The average molecular weight is 405 g/mol. The molecule has 2 amide bonds. The highest BCUT2D eigenvalue weighted by Crippen LogP contribution is 2.31. The Kier molecular flexibility index (Phi) is 5.43. The third kappa shape index (κ3) is 4.22. The van der Waals surface area contributed by atoms with E-state index >= 15 is 0 Å². The molecule has 0 aliphatic carbocycles. The molecule has 1 saturated heterocycles. The second-order valence-electron chi connectivity index (χ2n) is 6.07. The lowest BCUT2D eigenvalue weighted by atomic mass is 10.1. The second kappa shape index (κ2) is 7.74. The van der Waals surface area contributed by atoms with Crippen molar-refractivity contribution in [3.8, 4) is 0 Å². The SMILES string of the molecule is Cc1cccc(NC(=O)N/N=C/c2cc(Br)c(N3CCCC3)o2)c1C. The fourth-order valence-corrected chi connectivity index (χ4v) is 3.32. The number of hydrogen-bond acceptors (Lipinski definition) is 4. The molecule has 6 nitrogen and oxygen atoms in total. The smallest absolute Gasteiger partial charge is 0.339 e. The zero-order valence-corrected chi connectivity index (χ0v) is 15.9. The second-order valence-corrected chi connectivity index (χ2v) is 6.92. The summed E-state index contributed by atoms with van der Waals surface area (Å²) >= 11 is 3.51. The van der Waals surface area contributed by atoms with Gasteiger partial charge in [-0.05, 0) is 59.8 Å². The van der Waals surface area contributed by atoms with Crippen LogP contribution in [0.5, 0.6) is 0 Å². The third-order valence-corrected chi connectivity index (χ3v) is 4.86. The molecule has 3 rings (SSSR count). The number of furan rings is 1. The lowest BCUT2D eigenvalue weighted by molar-refractivity contribution is 0.252. The van der Waals surface area contributed by atoms with Crippen LogP contribution in [0, 0.1) is 13.8 Å². The largest absolute Gasteiger partial charge is 0.438 e. The van der Waals surface area contributed by atoms with Crippen molar-refractivity contribution < 1.29 is 9.21 Å². The number of rotatable bonds is 4. The van der Waals surface area contributed by atoms with Gasteiger partial charge in [0.25, 0.3) is 0 Å². The number of aryl methyl sites for hydroxylation is 1. The van der Waals surface area contributed by atoms with E-state index in [4.69, 9.17) is 4.42 Å². The zero-order chi connectivity index (χ0) is 17.8. The van der Waals surface area contributed by atoms with Gasteiger partial charge in [-0.1, -0.05) is 12.1 Å². The summed E-state index contributed by atoms with van der Waals surface area (Å²) in [4.78, 5) is 14.2. The van der Waals surface area contributed by atoms with Crippen molar-refractivity contribution in [1.29, 1.82) is 0 Å². The van der Waals surface area contributed by atoms with Crippen LogP contribution in [0.4, 0.5) is 16.4 Å². The van der Waals surface area contributed by atoms with Crippen LogP contribution in [0.15, 0.2) is 38.3 Å². The van der Waals surface area contributed by atoms with Crippen molar-refractivity contribution in [2.45, 2.75) is 26.7 Å². The number of benzene rings is 1. The van der Waals surface area contributed by atoms with Crippen LogP contribution >= 0.6 is 15.9 Å². The van der Waals surface area contributed by atoms with Gasteiger partial charge in [0.15, 0.2) is 5.76 Å². The third-order valence-electron chi connectivity index (χ3n) is 4.29. The summed E-state index contributed by atoms with van der Waals surface area (Å²) in [6.45, 7) is 5.97. The summed E-state index contributed by atoms with van der Waals surface area (Å²) in [5.74, 6) is 1.40. The van der Waals surface area contributed by atoms with E-state index in [0.29, 0.717) is 5.76 Å². The number of nitrogens with one attached hydrogen (secondary N) is 2. The van der Waals surface area contributed by atoms with E-state index in [9.17, 15) is 4.79 Å². The Bertz CT molecular complexity index is 794. The highest BCUT2D eigenvalue weighted by Gasteiger charge is 2.19. The molecule has 0 radical (unpaired) electrons. The molecule has 0 unspecified atom stereocenters. The number of halogens is 1. The summed E-state index contributed by atoms with van der Waals surface area (Å²) in [5.41, 5.74) is 5.38. The molecule has 2 N–H and O–H groups in total. The van der Waals surface area contributed by atoms with Gasteiger partial charge in [-0.2, -0.15) is 5.10 Å². The first kappa shape index (κ1) is 17.5. The number of carbonyl (C=O) groups is 1. The van der Waals surface area contributed by atoms with Crippen molar-refractivity contribution in [1.82, 2.24) is 5.43 Å². The van der Waals surface area contributed by atoms with Gasteiger partial charge in [-0.15, -0.1) is 0 Å². The van der Waals surface area contributed by atoms with E-state index in [0.717, 1.165) is 40.3 Å². The molecule has 1 aromatic heterocycles. The van der Waals surface area contributed by atoms with Gasteiger partial charge in [-0.3, -0.25) is 0 Å². The number of nitrogens with zero attached hydrogens (tertiary/aromatic N) is 2. The number of amides is 2. The number of anilines is 2. The van der Waals surface area contributed by atoms with Crippen molar-refractivity contribution in [3.05, 3.63) is 45.6 Å². The van der Waals surface area contributed by atoms with E-state index in [2.05, 4.69) is 36.7 Å². The Morgan fingerprint density at radius 2 is 2.08 bits per heavy atom. The van der Waals surface area contributed by atoms with Crippen LogP contribution in [-0.4, -0.2) is 25.3 Å². The molecule has 0 spiro atoms. The van der Waals surface area contributed by atoms with E-state index in [1.807, 2.05) is 38.1 Å². The number of urea groups is 1. The first-order valence-corrected chi connectivity index (χ1v) is 9.04. The molecule has 0 bridgehead atoms.